The van der Waals surface area contributed by atoms with Crippen molar-refractivity contribution in [3.8, 4) is 17.2 Å². The average Bonchev–Trinajstić information content (AvgIpc) is 3.35. The van der Waals surface area contributed by atoms with Gasteiger partial charge in [-0.25, -0.2) is 0 Å². The van der Waals surface area contributed by atoms with E-state index in [1.165, 1.54) is 0 Å². The summed E-state index contributed by atoms with van der Waals surface area (Å²) in [6, 6.07) is 8.38. The van der Waals surface area contributed by atoms with Gasteiger partial charge in [-0.1, -0.05) is 0 Å². The summed E-state index contributed by atoms with van der Waals surface area (Å²) in [5, 5.41) is 0. The highest BCUT2D eigenvalue weighted by molar-refractivity contribution is 5.96. The number of fused-ring (bicyclic) bond motifs is 1. The van der Waals surface area contributed by atoms with Crippen LogP contribution in [0.3, 0.4) is 0 Å². The highest BCUT2D eigenvalue weighted by Crippen LogP contribution is 2.35. The van der Waals surface area contributed by atoms with Crippen LogP contribution in [0.5, 0.6) is 11.5 Å². The summed E-state index contributed by atoms with van der Waals surface area (Å²) >= 11 is 0. The van der Waals surface area contributed by atoms with Crippen molar-refractivity contribution in [1.29, 1.82) is 0 Å². The fourth-order valence-electron chi connectivity index (χ4n) is 4.49. The molecule has 0 radical (unpaired) electrons. The molecule has 29 heavy (non-hydrogen) atoms. The second kappa shape index (κ2) is 7.41. The molecule has 0 bridgehead atoms. The molecule has 2 aromatic rings. The maximum atomic E-state index is 13.5. The summed E-state index contributed by atoms with van der Waals surface area (Å²) in [7, 11) is 0. The molecule has 0 N–H and O–H groups in total. The first-order chi connectivity index (χ1) is 14.1. The zero-order chi connectivity index (χ0) is 20.0. The number of ether oxygens (including phenoxy) is 3. The van der Waals surface area contributed by atoms with Crippen molar-refractivity contribution < 1.29 is 19.0 Å². The van der Waals surface area contributed by atoms with E-state index in [2.05, 4.69) is 9.47 Å². The number of aryl methyl sites for hydroxylation is 1. The van der Waals surface area contributed by atoms with E-state index in [0.717, 1.165) is 73.2 Å². The van der Waals surface area contributed by atoms with Gasteiger partial charge in [0, 0.05) is 48.3 Å². The molecule has 2 aliphatic heterocycles. The van der Waals surface area contributed by atoms with Crippen LogP contribution in [-0.4, -0.2) is 54.4 Å². The van der Waals surface area contributed by atoms with Crippen LogP contribution in [0.4, 0.5) is 0 Å². The van der Waals surface area contributed by atoms with E-state index >= 15 is 0 Å². The van der Waals surface area contributed by atoms with Crippen molar-refractivity contribution >= 4 is 5.91 Å². The summed E-state index contributed by atoms with van der Waals surface area (Å²) in [6.45, 7) is 7.61. The Morgan fingerprint density at radius 1 is 1.07 bits per heavy atom. The number of amides is 1. The number of carbonyl (C=O) groups excluding carboxylic acids is 1. The summed E-state index contributed by atoms with van der Waals surface area (Å²) in [4.78, 5) is 15.6. The zero-order valence-electron chi connectivity index (χ0n) is 17.1. The molecule has 1 amide bonds. The molecule has 6 heteroatoms. The van der Waals surface area contributed by atoms with Gasteiger partial charge in [-0.2, -0.15) is 0 Å². The molecule has 1 saturated carbocycles. The molecule has 154 valence electrons. The van der Waals surface area contributed by atoms with E-state index in [1.54, 1.807) is 0 Å². The Kier molecular flexibility index (Phi) is 4.74. The number of benzene rings is 1. The summed E-state index contributed by atoms with van der Waals surface area (Å²) < 4.78 is 19.1. The number of nitrogens with zero attached hydrogens (tertiary/aromatic N) is 2. The minimum absolute atomic E-state index is 0.149. The lowest BCUT2D eigenvalue weighted by atomic mass is 10.1. The SMILES string of the molecule is Cc1cc(C(=O)N(CC2CCOC2)C2CC2)c(C)n1-c1ccc2c(c1)OCCO2. The van der Waals surface area contributed by atoms with Crippen molar-refractivity contribution in [1.82, 2.24) is 9.47 Å². The molecule has 5 rings (SSSR count). The van der Waals surface area contributed by atoms with E-state index in [1.807, 2.05) is 38.1 Å². The third-order valence-corrected chi connectivity index (χ3v) is 6.17. The first kappa shape index (κ1) is 18.6. The molecule has 1 saturated heterocycles. The lowest BCUT2D eigenvalue weighted by Crippen LogP contribution is -2.37. The van der Waals surface area contributed by atoms with Gasteiger partial charge in [-0.05, 0) is 51.3 Å². The lowest BCUT2D eigenvalue weighted by Gasteiger charge is -2.25. The lowest BCUT2D eigenvalue weighted by molar-refractivity contribution is 0.0705. The molecule has 0 spiro atoms. The normalized spacial score (nSPS) is 20.7. The molecule has 2 fully saturated rings. The Bertz CT molecular complexity index is 925. The topological polar surface area (TPSA) is 52.9 Å². The Hall–Kier alpha value is -2.47. The van der Waals surface area contributed by atoms with Gasteiger partial charge in [-0.3, -0.25) is 4.79 Å². The smallest absolute Gasteiger partial charge is 0.255 e. The van der Waals surface area contributed by atoms with Crippen LogP contribution < -0.4 is 9.47 Å². The third kappa shape index (κ3) is 3.50. The van der Waals surface area contributed by atoms with E-state index < -0.39 is 0 Å². The summed E-state index contributed by atoms with van der Waals surface area (Å²) in [6.07, 6.45) is 3.27. The molecule has 1 aliphatic carbocycles. The van der Waals surface area contributed by atoms with Gasteiger partial charge >= 0.3 is 0 Å². The second-order valence-corrected chi connectivity index (χ2v) is 8.37. The number of carbonyl (C=O) groups is 1. The Labute approximate surface area is 171 Å². The molecular formula is C23H28N2O4. The van der Waals surface area contributed by atoms with E-state index in [-0.39, 0.29) is 5.91 Å². The van der Waals surface area contributed by atoms with Gasteiger partial charge in [0.05, 0.1) is 12.2 Å². The fourth-order valence-corrected chi connectivity index (χ4v) is 4.49. The molecular weight excluding hydrogens is 368 g/mol. The maximum Gasteiger partial charge on any atom is 0.255 e. The predicted molar refractivity (Wildman–Crippen MR) is 109 cm³/mol. The van der Waals surface area contributed by atoms with Crippen LogP contribution in [0, 0.1) is 19.8 Å². The van der Waals surface area contributed by atoms with Crippen LogP contribution in [0.2, 0.25) is 0 Å². The Morgan fingerprint density at radius 3 is 2.59 bits per heavy atom. The predicted octanol–water partition coefficient (Wildman–Crippen LogP) is 3.51. The van der Waals surface area contributed by atoms with Crippen LogP contribution in [0.1, 0.15) is 41.0 Å². The van der Waals surface area contributed by atoms with Gasteiger partial charge in [0.25, 0.3) is 5.91 Å². The zero-order valence-corrected chi connectivity index (χ0v) is 17.1. The van der Waals surface area contributed by atoms with Gasteiger partial charge in [0.2, 0.25) is 0 Å². The van der Waals surface area contributed by atoms with Gasteiger partial charge in [0.1, 0.15) is 13.2 Å². The molecule has 1 atom stereocenters. The van der Waals surface area contributed by atoms with Crippen molar-refractivity contribution in [2.75, 3.05) is 33.0 Å². The number of rotatable bonds is 5. The van der Waals surface area contributed by atoms with Crippen LogP contribution in [0.25, 0.3) is 5.69 Å². The number of hydrogen-bond acceptors (Lipinski definition) is 4. The summed E-state index contributed by atoms with van der Waals surface area (Å²) in [5.74, 6) is 2.14. The maximum absolute atomic E-state index is 13.5. The molecule has 1 unspecified atom stereocenters. The van der Waals surface area contributed by atoms with E-state index in [9.17, 15) is 4.79 Å². The first-order valence-electron chi connectivity index (χ1n) is 10.6. The van der Waals surface area contributed by atoms with Gasteiger partial charge in [-0.15, -0.1) is 0 Å². The molecule has 1 aromatic heterocycles. The minimum atomic E-state index is 0.149. The van der Waals surface area contributed by atoms with Crippen molar-refractivity contribution in [2.24, 2.45) is 5.92 Å². The van der Waals surface area contributed by atoms with Crippen LogP contribution in [0.15, 0.2) is 24.3 Å². The van der Waals surface area contributed by atoms with Crippen LogP contribution >= 0.6 is 0 Å². The first-order valence-corrected chi connectivity index (χ1v) is 10.6. The van der Waals surface area contributed by atoms with E-state index in [0.29, 0.717) is 25.2 Å². The fraction of sp³-hybridized carbons (Fsp3) is 0.522. The van der Waals surface area contributed by atoms with Crippen molar-refractivity contribution in [2.45, 2.75) is 39.2 Å². The Morgan fingerprint density at radius 2 is 1.86 bits per heavy atom. The molecule has 1 aromatic carbocycles. The number of aromatic nitrogens is 1. The highest BCUT2D eigenvalue weighted by atomic mass is 16.6. The van der Waals surface area contributed by atoms with E-state index in [4.69, 9.17) is 14.2 Å². The monoisotopic (exact) mass is 396 g/mol. The molecule has 3 heterocycles. The molecule has 6 nitrogen and oxygen atoms in total. The van der Waals surface area contributed by atoms with Gasteiger partial charge < -0.3 is 23.7 Å². The summed E-state index contributed by atoms with van der Waals surface area (Å²) in [5.41, 5.74) is 3.80. The Balaban J connectivity index is 1.45. The quantitative estimate of drug-likeness (QED) is 0.776. The number of hydrogen-bond donors (Lipinski definition) is 0. The molecule has 3 aliphatic rings. The second-order valence-electron chi connectivity index (χ2n) is 8.37. The largest absolute Gasteiger partial charge is 0.486 e. The standard InChI is InChI=1S/C23H28N2O4/c1-15-11-20(23(26)24(18-3-4-18)13-17-7-8-27-14-17)16(2)25(15)19-5-6-21-22(12-19)29-10-9-28-21/h5-6,11-12,17-18H,3-4,7-10,13-14H2,1-2H3. The van der Waals surface area contributed by atoms with Gasteiger partial charge in [0.15, 0.2) is 11.5 Å². The average molecular weight is 396 g/mol. The minimum Gasteiger partial charge on any atom is -0.486 e. The highest BCUT2D eigenvalue weighted by Gasteiger charge is 2.36. The van der Waals surface area contributed by atoms with Crippen molar-refractivity contribution in [3.05, 3.63) is 41.2 Å². The third-order valence-electron chi connectivity index (χ3n) is 6.17. The van der Waals surface area contributed by atoms with Crippen LogP contribution in [-0.2, 0) is 4.74 Å². The van der Waals surface area contributed by atoms with Crippen molar-refractivity contribution in [3.63, 3.8) is 0 Å².